The van der Waals surface area contributed by atoms with E-state index >= 15 is 0 Å². The molecule has 0 aromatic heterocycles. The van der Waals surface area contributed by atoms with Crippen LogP contribution in [0.2, 0.25) is 0 Å². The summed E-state index contributed by atoms with van der Waals surface area (Å²) in [5.41, 5.74) is 0.971. The first-order valence-electron chi connectivity index (χ1n) is 9.34. The topological polar surface area (TPSA) is 73.9 Å². The predicted molar refractivity (Wildman–Crippen MR) is 112 cm³/mol. The maximum atomic E-state index is 12.7. The van der Waals surface area contributed by atoms with Crippen molar-refractivity contribution < 1.29 is 23.8 Å². The Morgan fingerprint density at radius 3 is 2.31 bits per heavy atom. The number of esters is 1. The molecule has 0 heterocycles. The van der Waals surface area contributed by atoms with Crippen molar-refractivity contribution in [3.63, 3.8) is 0 Å². The molecule has 0 unspecified atom stereocenters. The van der Waals surface area contributed by atoms with Crippen LogP contribution in [0.3, 0.4) is 0 Å². The highest BCUT2D eigenvalue weighted by Crippen LogP contribution is 2.29. The van der Waals surface area contributed by atoms with Gasteiger partial charge in [-0.15, -0.1) is 0 Å². The Hall–Kier alpha value is -3.54. The van der Waals surface area contributed by atoms with Gasteiger partial charge in [0, 0.05) is 11.1 Å². The standard InChI is InChI=1S/C23H23NO5/c1-4-28-17-11-9-16(10-12-17)24-22(25)15(2)29-23(26)20-13-14-21(27-3)19-8-6-5-7-18(19)20/h5-15H,4H2,1-3H3,(H,24,25)/t15-/m1/s1. The lowest BCUT2D eigenvalue weighted by molar-refractivity contribution is -0.123. The summed E-state index contributed by atoms with van der Waals surface area (Å²) in [4.78, 5) is 25.1. The van der Waals surface area contributed by atoms with Gasteiger partial charge in [0.2, 0.25) is 0 Å². The van der Waals surface area contributed by atoms with E-state index in [4.69, 9.17) is 14.2 Å². The van der Waals surface area contributed by atoms with E-state index in [2.05, 4.69) is 5.32 Å². The van der Waals surface area contributed by atoms with Crippen LogP contribution < -0.4 is 14.8 Å². The van der Waals surface area contributed by atoms with E-state index in [1.165, 1.54) is 6.92 Å². The van der Waals surface area contributed by atoms with Crippen LogP contribution in [-0.2, 0) is 9.53 Å². The Bertz CT molecular complexity index is 1010. The van der Waals surface area contributed by atoms with Crippen LogP contribution in [0, 0.1) is 0 Å². The second-order valence-electron chi connectivity index (χ2n) is 6.36. The zero-order valence-electron chi connectivity index (χ0n) is 16.6. The number of rotatable bonds is 7. The first-order chi connectivity index (χ1) is 14.0. The summed E-state index contributed by atoms with van der Waals surface area (Å²) in [5, 5.41) is 4.24. The van der Waals surface area contributed by atoms with Gasteiger partial charge in [-0.25, -0.2) is 4.79 Å². The van der Waals surface area contributed by atoms with Gasteiger partial charge in [0.05, 0.1) is 19.3 Å². The minimum absolute atomic E-state index is 0.377. The lowest BCUT2D eigenvalue weighted by Crippen LogP contribution is -2.30. The Morgan fingerprint density at radius 2 is 1.66 bits per heavy atom. The normalized spacial score (nSPS) is 11.6. The van der Waals surface area contributed by atoms with Crippen LogP contribution >= 0.6 is 0 Å². The minimum atomic E-state index is -0.963. The number of anilines is 1. The smallest absolute Gasteiger partial charge is 0.339 e. The third kappa shape index (κ3) is 4.66. The number of benzene rings is 3. The third-order valence-electron chi connectivity index (χ3n) is 4.41. The van der Waals surface area contributed by atoms with E-state index in [0.717, 1.165) is 11.1 Å². The molecule has 0 saturated heterocycles. The predicted octanol–water partition coefficient (Wildman–Crippen LogP) is 4.43. The molecule has 0 aliphatic rings. The number of fused-ring (bicyclic) bond motifs is 1. The Labute approximate surface area is 169 Å². The lowest BCUT2D eigenvalue weighted by Gasteiger charge is -2.15. The van der Waals surface area contributed by atoms with Crippen LogP contribution in [0.15, 0.2) is 60.7 Å². The molecule has 29 heavy (non-hydrogen) atoms. The van der Waals surface area contributed by atoms with Crippen molar-refractivity contribution in [1.29, 1.82) is 0 Å². The van der Waals surface area contributed by atoms with E-state index in [0.29, 0.717) is 29.0 Å². The number of nitrogens with one attached hydrogen (secondary N) is 1. The summed E-state index contributed by atoms with van der Waals surface area (Å²) in [6.07, 6.45) is -0.963. The highest BCUT2D eigenvalue weighted by molar-refractivity contribution is 6.07. The zero-order valence-corrected chi connectivity index (χ0v) is 16.6. The maximum absolute atomic E-state index is 12.7. The first kappa shape index (κ1) is 20.2. The summed E-state index contributed by atoms with van der Waals surface area (Å²) in [5.74, 6) is 0.397. The lowest BCUT2D eigenvalue weighted by atomic mass is 10.0. The molecule has 0 spiro atoms. The first-order valence-corrected chi connectivity index (χ1v) is 9.34. The molecule has 0 saturated carbocycles. The average Bonchev–Trinajstić information content (AvgIpc) is 2.74. The fourth-order valence-electron chi connectivity index (χ4n) is 2.95. The molecule has 6 nitrogen and oxygen atoms in total. The third-order valence-corrected chi connectivity index (χ3v) is 4.41. The molecular formula is C23H23NO5. The van der Waals surface area contributed by atoms with E-state index in [1.807, 2.05) is 31.2 Å². The van der Waals surface area contributed by atoms with Gasteiger partial charge in [0.25, 0.3) is 5.91 Å². The van der Waals surface area contributed by atoms with Gasteiger partial charge in [-0.1, -0.05) is 24.3 Å². The van der Waals surface area contributed by atoms with Crippen LogP contribution in [0.4, 0.5) is 5.69 Å². The summed E-state index contributed by atoms with van der Waals surface area (Å²) < 4.78 is 16.1. The van der Waals surface area contributed by atoms with E-state index in [-0.39, 0.29) is 0 Å². The van der Waals surface area contributed by atoms with Crippen molar-refractivity contribution in [3.05, 3.63) is 66.2 Å². The quantitative estimate of drug-likeness (QED) is 0.601. The van der Waals surface area contributed by atoms with Gasteiger partial charge in [-0.05, 0) is 55.6 Å². The highest BCUT2D eigenvalue weighted by atomic mass is 16.5. The van der Waals surface area contributed by atoms with Crippen molar-refractivity contribution in [1.82, 2.24) is 0 Å². The van der Waals surface area contributed by atoms with E-state index in [9.17, 15) is 9.59 Å². The number of methoxy groups -OCH3 is 1. The fraction of sp³-hybridized carbons (Fsp3) is 0.217. The molecule has 1 amide bonds. The van der Waals surface area contributed by atoms with E-state index in [1.54, 1.807) is 43.5 Å². The molecule has 150 valence electrons. The number of amides is 1. The second-order valence-corrected chi connectivity index (χ2v) is 6.36. The Kier molecular flexibility index (Phi) is 6.34. The number of ether oxygens (including phenoxy) is 3. The Balaban J connectivity index is 1.70. The van der Waals surface area contributed by atoms with Gasteiger partial charge < -0.3 is 19.5 Å². The molecular weight excluding hydrogens is 370 g/mol. The molecule has 0 aliphatic heterocycles. The molecule has 0 bridgehead atoms. The van der Waals surface area contributed by atoms with Crippen molar-refractivity contribution >= 4 is 28.3 Å². The minimum Gasteiger partial charge on any atom is -0.496 e. The number of hydrogen-bond donors (Lipinski definition) is 1. The van der Waals surface area contributed by atoms with Crippen LogP contribution in [-0.4, -0.2) is 31.7 Å². The summed E-state index contributed by atoms with van der Waals surface area (Å²) in [6, 6.07) is 17.7. The van der Waals surface area contributed by atoms with Crippen LogP contribution in [0.5, 0.6) is 11.5 Å². The van der Waals surface area contributed by atoms with Crippen molar-refractivity contribution in [3.8, 4) is 11.5 Å². The van der Waals surface area contributed by atoms with Crippen LogP contribution in [0.25, 0.3) is 10.8 Å². The molecule has 0 radical (unpaired) electrons. The van der Waals surface area contributed by atoms with Gasteiger partial charge in [0.1, 0.15) is 11.5 Å². The van der Waals surface area contributed by atoms with Crippen molar-refractivity contribution in [2.45, 2.75) is 20.0 Å². The Morgan fingerprint density at radius 1 is 0.966 bits per heavy atom. The summed E-state index contributed by atoms with van der Waals surface area (Å²) in [6.45, 7) is 4.00. The number of carbonyl (C=O) groups excluding carboxylic acids is 2. The highest BCUT2D eigenvalue weighted by Gasteiger charge is 2.21. The van der Waals surface area contributed by atoms with Gasteiger partial charge in [0.15, 0.2) is 6.10 Å². The van der Waals surface area contributed by atoms with Gasteiger partial charge in [-0.3, -0.25) is 4.79 Å². The molecule has 3 aromatic carbocycles. The molecule has 1 N–H and O–H groups in total. The largest absolute Gasteiger partial charge is 0.496 e. The van der Waals surface area contributed by atoms with Gasteiger partial charge in [-0.2, -0.15) is 0 Å². The average molecular weight is 393 g/mol. The van der Waals surface area contributed by atoms with Crippen molar-refractivity contribution in [2.75, 3.05) is 19.0 Å². The summed E-state index contributed by atoms with van der Waals surface area (Å²) in [7, 11) is 1.58. The molecule has 0 aliphatic carbocycles. The molecule has 3 rings (SSSR count). The molecule has 1 atom stereocenters. The molecule has 0 fully saturated rings. The van der Waals surface area contributed by atoms with Crippen molar-refractivity contribution in [2.24, 2.45) is 0 Å². The summed E-state index contributed by atoms with van der Waals surface area (Å²) >= 11 is 0. The fourth-order valence-corrected chi connectivity index (χ4v) is 2.95. The maximum Gasteiger partial charge on any atom is 0.339 e. The van der Waals surface area contributed by atoms with Gasteiger partial charge >= 0.3 is 5.97 Å². The molecule has 3 aromatic rings. The van der Waals surface area contributed by atoms with E-state index < -0.39 is 18.0 Å². The second kappa shape index (κ2) is 9.10. The zero-order chi connectivity index (χ0) is 20.8. The number of carbonyl (C=O) groups is 2. The monoisotopic (exact) mass is 393 g/mol. The number of hydrogen-bond acceptors (Lipinski definition) is 5. The molecule has 6 heteroatoms. The SMILES string of the molecule is CCOc1ccc(NC(=O)[C@@H](C)OC(=O)c2ccc(OC)c3ccccc23)cc1. The van der Waals surface area contributed by atoms with Crippen LogP contribution in [0.1, 0.15) is 24.2 Å².